The lowest BCUT2D eigenvalue weighted by Crippen LogP contribution is -2.10. The quantitative estimate of drug-likeness (QED) is 0.737. The van der Waals surface area contributed by atoms with Crippen LogP contribution in [0.2, 0.25) is 0 Å². The average Bonchev–Trinajstić information content (AvgIpc) is 2.52. The van der Waals surface area contributed by atoms with Gasteiger partial charge in [-0.05, 0) is 36.4 Å². The minimum Gasteiger partial charge on any atom is -0.506 e. The van der Waals surface area contributed by atoms with Crippen LogP contribution in [0.5, 0.6) is 11.5 Å². The molecule has 0 fully saturated rings. The summed E-state index contributed by atoms with van der Waals surface area (Å²) in [6.45, 7) is 0. The first-order valence-electron chi connectivity index (χ1n) is 6.68. The molecule has 0 heterocycles. The predicted molar refractivity (Wildman–Crippen MR) is 84.5 cm³/mol. The van der Waals surface area contributed by atoms with Crippen molar-refractivity contribution in [3.63, 3.8) is 0 Å². The molecular weight excluding hydrogens is 262 g/mol. The molecule has 0 aromatic heterocycles. The summed E-state index contributed by atoms with van der Waals surface area (Å²) in [7, 11) is 0. The van der Waals surface area contributed by atoms with E-state index >= 15 is 0 Å². The zero-order valence-electron chi connectivity index (χ0n) is 11.3. The number of para-hydroxylation sites is 5. The summed E-state index contributed by atoms with van der Waals surface area (Å²) < 4.78 is 0. The molecule has 0 bridgehead atoms. The van der Waals surface area contributed by atoms with Crippen molar-refractivity contribution in [1.82, 2.24) is 0 Å². The summed E-state index contributed by atoms with van der Waals surface area (Å²) in [6, 6.07) is 23.8. The number of anilines is 3. The lowest BCUT2D eigenvalue weighted by molar-refractivity contribution is 0.472. The van der Waals surface area contributed by atoms with Gasteiger partial charge in [0.1, 0.15) is 11.5 Å². The molecule has 3 aromatic rings. The third kappa shape index (κ3) is 2.54. The van der Waals surface area contributed by atoms with Crippen LogP contribution in [0.25, 0.3) is 0 Å². The van der Waals surface area contributed by atoms with Gasteiger partial charge in [0.15, 0.2) is 0 Å². The van der Waals surface area contributed by atoms with Gasteiger partial charge in [0.25, 0.3) is 0 Å². The van der Waals surface area contributed by atoms with E-state index in [0.717, 1.165) is 5.69 Å². The SMILES string of the molecule is Oc1ccccc1N(c1ccccc1)c1ccccc1O. The molecule has 0 saturated carbocycles. The molecule has 0 aliphatic carbocycles. The van der Waals surface area contributed by atoms with Crippen LogP contribution >= 0.6 is 0 Å². The molecule has 0 spiro atoms. The Balaban J connectivity index is 2.22. The number of phenolic OH excluding ortho intramolecular Hbond substituents is 2. The highest BCUT2D eigenvalue weighted by Crippen LogP contribution is 2.42. The van der Waals surface area contributed by atoms with Gasteiger partial charge in [-0.2, -0.15) is 0 Å². The van der Waals surface area contributed by atoms with Crippen LogP contribution in [0.3, 0.4) is 0 Å². The van der Waals surface area contributed by atoms with Gasteiger partial charge in [-0.1, -0.05) is 42.5 Å². The maximum atomic E-state index is 10.2. The zero-order chi connectivity index (χ0) is 14.7. The molecule has 0 aliphatic heterocycles. The average molecular weight is 277 g/mol. The summed E-state index contributed by atoms with van der Waals surface area (Å²) in [6.07, 6.45) is 0. The fraction of sp³-hybridized carbons (Fsp3) is 0. The zero-order valence-corrected chi connectivity index (χ0v) is 11.3. The molecule has 3 aromatic carbocycles. The third-order valence-corrected chi connectivity index (χ3v) is 3.26. The number of nitrogens with zero attached hydrogens (tertiary/aromatic N) is 1. The molecule has 3 heteroatoms. The second-order valence-corrected chi connectivity index (χ2v) is 4.65. The van der Waals surface area contributed by atoms with Crippen molar-refractivity contribution >= 4 is 17.1 Å². The smallest absolute Gasteiger partial charge is 0.139 e. The van der Waals surface area contributed by atoms with Crippen LogP contribution in [-0.4, -0.2) is 10.2 Å². The van der Waals surface area contributed by atoms with E-state index in [9.17, 15) is 10.2 Å². The molecule has 0 aliphatic rings. The molecule has 3 rings (SSSR count). The first-order chi connectivity index (χ1) is 10.3. The Morgan fingerprint density at radius 1 is 0.524 bits per heavy atom. The Morgan fingerprint density at radius 2 is 0.952 bits per heavy atom. The Morgan fingerprint density at radius 3 is 1.43 bits per heavy atom. The highest BCUT2D eigenvalue weighted by Gasteiger charge is 2.17. The summed E-state index contributed by atoms with van der Waals surface area (Å²) in [5, 5.41) is 20.3. The minimum absolute atomic E-state index is 0.157. The highest BCUT2D eigenvalue weighted by molar-refractivity contribution is 5.82. The normalized spacial score (nSPS) is 10.3. The highest BCUT2D eigenvalue weighted by atomic mass is 16.3. The van der Waals surface area contributed by atoms with E-state index in [-0.39, 0.29) is 11.5 Å². The number of hydrogen-bond donors (Lipinski definition) is 2. The number of benzene rings is 3. The van der Waals surface area contributed by atoms with Crippen molar-refractivity contribution in [3.8, 4) is 11.5 Å². The molecule has 0 unspecified atom stereocenters. The van der Waals surface area contributed by atoms with Crippen LogP contribution in [0.4, 0.5) is 17.1 Å². The van der Waals surface area contributed by atoms with E-state index in [1.165, 1.54) is 0 Å². The van der Waals surface area contributed by atoms with Gasteiger partial charge in [-0.15, -0.1) is 0 Å². The minimum atomic E-state index is 0.157. The van der Waals surface area contributed by atoms with Gasteiger partial charge < -0.3 is 15.1 Å². The lowest BCUT2D eigenvalue weighted by atomic mass is 10.1. The third-order valence-electron chi connectivity index (χ3n) is 3.26. The molecule has 0 saturated heterocycles. The van der Waals surface area contributed by atoms with Gasteiger partial charge >= 0.3 is 0 Å². The molecule has 0 atom stereocenters. The number of phenols is 2. The summed E-state index contributed by atoms with van der Waals surface area (Å²) in [5.41, 5.74) is 2.09. The van der Waals surface area contributed by atoms with E-state index in [2.05, 4.69) is 0 Å². The monoisotopic (exact) mass is 277 g/mol. The van der Waals surface area contributed by atoms with Crippen LogP contribution in [0.15, 0.2) is 78.9 Å². The number of aromatic hydroxyl groups is 2. The molecule has 2 N–H and O–H groups in total. The van der Waals surface area contributed by atoms with E-state index in [1.807, 2.05) is 59.5 Å². The molecule has 104 valence electrons. The van der Waals surface area contributed by atoms with Gasteiger partial charge in [0, 0.05) is 5.69 Å². The molecule has 0 amide bonds. The van der Waals surface area contributed by atoms with Gasteiger partial charge in [-0.25, -0.2) is 0 Å². The van der Waals surface area contributed by atoms with E-state index in [1.54, 1.807) is 24.3 Å². The van der Waals surface area contributed by atoms with Crippen LogP contribution in [-0.2, 0) is 0 Å². The number of hydrogen-bond acceptors (Lipinski definition) is 3. The summed E-state index contributed by atoms with van der Waals surface area (Å²) in [5.74, 6) is 0.314. The Kier molecular flexibility index (Phi) is 3.48. The van der Waals surface area contributed by atoms with E-state index in [4.69, 9.17) is 0 Å². The van der Waals surface area contributed by atoms with Gasteiger partial charge in [0.05, 0.1) is 11.4 Å². The van der Waals surface area contributed by atoms with Crippen molar-refractivity contribution in [1.29, 1.82) is 0 Å². The second kappa shape index (κ2) is 5.59. The van der Waals surface area contributed by atoms with Crippen molar-refractivity contribution in [2.75, 3.05) is 4.90 Å². The van der Waals surface area contributed by atoms with Crippen molar-refractivity contribution in [3.05, 3.63) is 78.9 Å². The number of rotatable bonds is 3. The Hall–Kier alpha value is -2.94. The second-order valence-electron chi connectivity index (χ2n) is 4.65. The Bertz CT molecular complexity index is 695. The fourth-order valence-corrected chi connectivity index (χ4v) is 2.29. The van der Waals surface area contributed by atoms with E-state index < -0.39 is 0 Å². The van der Waals surface area contributed by atoms with Crippen molar-refractivity contribution < 1.29 is 10.2 Å². The maximum absolute atomic E-state index is 10.2. The Labute approximate surface area is 123 Å². The van der Waals surface area contributed by atoms with Crippen LogP contribution in [0, 0.1) is 0 Å². The van der Waals surface area contributed by atoms with E-state index in [0.29, 0.717) is 11.4 Å². The molecule has 0 radical (unpaired) electrons. The standard InChI is InChI=1S/C18H15NO2/c20-17-12-6-4-10-15(17)19(14-8-2-1-3-9-14)16-11-5-7-13-18(16)21/h1-13,20-21H. The summed E-state index contributed by atoms with van der Waals surface area (Å²) >= 11 is 0. The first kappa shape index (κ1) is 13.1. The van der Waals surface area contributed by atoms with Crippen LogP contribution in [0.1, 0.15) is 0 Å². The lowest BCUT2D eigenvalue weighted by Gasteiger charge is -2.26. The van der Waals surface area contributed by atoms with Gasteiger partial charge in [0.2, 0.25) is 0 Å². The molecule has 21 heavy (non-hydrogen) atoms. The largest absolute Gasteiger partial charge is 0.506 e. The molecular formula is C18H15NO2. The van der Waals surface area contributed by atoms with Crippen LogP contribution < -0.4 is 4.90 Å². The molecule has 3 nitrogen and oxygen atoms in total. The topological polar surface area (TPSA) is 43.7 Å². The van der Waals surface area contributed by atoms with Crippen molar-refractivity contribution in [2.24, 2.45) is 0 Å². The fourth-order valence-electron chi connectivity index (χ4n) is 2.29. The maximum Gasteiger partial charge on any atom is 0.139 e. The summed E-state index contributed by atoms with van der Waals surface area (Å²) in [4.78, 5) is 1.82. The van der Waals surface area contributed by atoms with Gasteiger partial charge in [-0.3, -0.25) is 0 Å². The predicted octanol–water partition coefficient (Wildman–Crippen LogP) is 4.57. The van der Waals surface area contributed by atoms with Crippen molar-refractivity contribution in [2.45, 2.75) is 0 Å². The first-order valence-corrected chi connectivity index (χ1v) is 6.68.